The van der Waals surface area contributed by atoms with Crippen molar-refractivity contribution < 1.29 is 22.7 Å². The van der Waals surface area contributed by atoms with Crippen LogP contribution in [0.1, 0.15) is 51.2 Å². The van der Waals surface area contributed by atoms with Crippen LogP contribution in [0, 0.1) is 6.92 Å². The van der Waals surface area contributed by atoms with Crippen molar-refractivity contribution in [2.75, 3.05) is 24.2 Å². The molecule has 8 nitrogen and oxygen atoms in total. The number of sulfonamides is 1. The first kappa shape index (κ1) is 29.2. The fourth-order valence-corrected chi connectivity index (χ4v) is 5.00. The normalized spacial score (nSPS) is 12.2. The van der Waals surface area contributed by atoms with E-state index in [1.165, 1.54) is 11.4 Å². The molecule has 0 aliphatic rings. The van der Waals surface area contributed by atoms with E-state index in [1.54, 1.807) is 29.2 Å². The topological polar surface area (TPSA) is 96.0 Å². The molecule has 36 heavy (non-hydrogen) atoms. The van der Waals surface area contributed by atoms with Gasteiger partial charge < -0.3 is 15.0 Å². The van der Waals surface area contributed by atoms with E-state index < -0.39 is 16.1 Å². The van der Waals surface area contributed by atoms with Crippen molar-refractivity contribution in [3.05, 3.63) is 59.7 Å². The predicted molar refractivity (Wildman–Crippen MR) is 144 cm³/mol. The average molecular weight is 518 g/mol. The molecular formula is C27H39N3O5S. The fraction of sp³-hybridized carbons (Fsp3) is 0.481. The Morgan fingerprint density at radius 1 is 1.08 bits per heavy atom. The first-order chi connectivity index (χ1) is 17.0. The molecule has 0 aromatic heterocycles. The predicted octanol–water partition coefficient (Wildman–Crippen LogP) is 3.88. The maximum Gasteiger partial charge on any atom is 0.243 e. The maximum absolute atomic E-state index is 13.5. The number of amides is 2. The summed E-state index contributed by atoms with van der Waals surface area (Å²) in [5.41, 5.74) is 2.48. The Balaban J connectivity index is 2.24. The largest absolute Gasteiger partial charge is 0.497 e. The Morgan fingerprint density at radius 3 is 2.36 bits per heavy atom. The highest BCUT2D eigenvalue weighted by Crippen LogP contribution is 2.24. The molecule has 2 rings (SSSR count). The second kappa shape index (κ2) is 13.3. The minimum Gasteiger partial charge on any atom is -0.497 e. The van der Waals surface area contributed by atoms with Crippen molar-refractivity contribution in [3.8, 4) is 5.75 Å². The van der Waals surface area contributed by atoms with Gasteiger partial charge in [0.05, 0.1) is 19.1 Å². The lowest BCUT2D eigenvalue weighted by atomic mass is 10.0. The number of ether oxygens (including phenoxy) is 1. The van der Waals surface area contributed by atoms with Gasteiger partial charge in [-0.25, -0.2) is 8.42 Å². The SMILES string of the molecule is CC[C@H](C(=O)NC(C)C)N(Cc1ccccc1C)C(=O)CCCN(c1cccc(OC)c1)S(C)(=O)=O. The van der Waals surface area contributed by atoms with Crippen LogP contribution in [-0.2, 0) is 26.2 Å². The van der Waals surface area contributed by atoms with E-state index >= 15 is 0 Å². The summed E-state index contributed by atoms with van der Waals surface area (Å²) in [5, 5.41) is 2.92. The Kier molecular flexibility index (Phi) is 10.8. The van der Waals surface area contributed by atoms with E-state index in [9.17, 15) is 18.0 Å². The van der Waals surface area contributed by atoms with Crippen molar-refractivity contribution in [3.63, 3.8) is 0 Å². The molecule has 0 spiro atoms. The first-order valence-corrected chi connectivity index (χ1v) is 14.1. The van der Waals surface area contributed by atoms with Gasteiger partial charge in [-0.3, -0.25) is 13.9 Å². The fourth-order valence-electron chi connectivity index (χ4n) is 4.04. The van der Waals surface area contributed by atoms with Gasteiger partial charge in [0.25, 0.3) is 0 Å². The van der Waals surface area contributed by atoms with Crippen molar-refractivity contribution in [1.82, 2.24) is 10.2 Å². The van der Waals surface area contributed by atoms with E-state index in [0.29, 0.717) is 30.8 Å². The van der Waals surface area contributed by atoms with Crippen LogP contribution in [-0.4, -0.2) is 57.1 Å². The highest BCUT2D eigenvalue weighted by atomic mass is 32.2. The Morgan fingerprint density at radius 2 is 1.78 bits per heavy atom. The molecule has 1 atom stereocenters. The van der Waals surface area contributed by atoms with Gasteiger partial charge >= 0.3 is 0 Å². The van der Waals surface area contributed by atoms with E-state index in [2.05, 4.69) is 5.32 Å². The third-order valence-electron chi connectivity index (χ3n) is 5.91. The standard InChI is InChI=1S/C27H39N3O5S/c1-7-25(27(32)28-20(2)3)29(19-22-13-9-8-12-21(22)4)26(31)16-11-17-30(36(6,33)34)23-14-10-15-24(18-23)35-5/h8-10,12-15,18,20,25H,7,11,16-17,19H2,1-6H3,(H,28,32)/t25-/m1/s1. The Hall–Kier alpha value is -3.07. The number of nitrogens with zero attached hydrogens (tertiary/aromatic N) is 2. The summed E-state index contributed by atoms with van der Waals surface area (Å²) in [7, 11) is -2.06. The van der Waals surface area contributed by atoms with Crippen LogP contribution in [0.4, 0.5) is 5.69 Å². The zero-order valence-electron chi connectivity index (χ0n) is 22.2. The number of nitrogens with one attached hydrogen (secondary N) is 1. The Bertz CT molecular complexity index is 1130. The van der Waals surface area contributed by atoms with Gasteiger partial charge in [0.15, 0.2) is 0 Å². The van der Waals surface area contributed by atoms with Gasteiger partial charge in [-0.2, -0.15) is 0 Å². The molecule has 2 amide bonds. The number of aryl methyl sites for hydroxylation is 1. The highest BCUT2D eigenvalue weighted by Gasteiger charge is 2.29. The molecule has 2 aromatic rings. The van der Waals surface area contributed by atoms with Gasteiger partial charge in [0, 0.05) is 31.6 Å². The van der Waals surface area contributed by atoms with Crippen LogP contribution in [0.2, 0.25) is 0 Å². The summed E-state index contributed by atoms with van der Waals surface area (Å²) in [6, 6.07) is 13.9. The summed E-state index contributed by atoms with van der Waals surface area (Å²) in [6.07, 6.45) is 2.01. The van der Waals surface area contributed by atoms with Crippen LogP contribution in [0.5, 0.6) is 5.75 Å². The molecule has 0 bridgehead atoms. The smallest absolute Gasteiger partial charge is 0.243 e. The monoisotopic (exact) mass is 517 g/mol. The number of rotatable bonds is 13. The molecule has 0 saturated carbocycles. The van der Waals surface area contributed by atoms with Gasteiger partial charge in [-0.1, -0.05) is 37.3 Å². The maximum atomic E-state index is 13.5. The summed E-state index contributed by atoms with van der Waals surface area (Å²) in [4.78, 5) is 28.1. The summed E-state index contributed by atoms with van der Waals surface area (Å²) in [5.74, 6) is 0.162. The van der Waals surface area contributed by atoms with Gasteiger partial charge in [-0.05, 0) is 56.9 Å². The van der Waals surface area contributed by atoms with E-state index in [4.69, 9.17) is 4.74 Å². The van der Waals surface area contributed by atoms with Gasteiger partial charge in [0.1, 0.15) is 11.8 Å². The molecule has 9 heteroatoms. The number of hydrogen-bond donors (Lipinski definition) is 1. The van der Waals surface area contributed by atoms with Crippen molar-refractivity contribution in [2.24, 2.45) is 0 Å². The molecule has 0 radical (unpaired) electrons. The molecule has 0 saturated heterocycles. The molecule has 0 aliphatic carbocycles. The van der Waals surface area contributed by atoms with Crippen molar-refractivity contribution >= 4 is 27.5 Å². The van der Waals surface area contributed by atoms with E-state index in [0.717, 1.165) is 17.4 Å². The van der Waals surface area contributed by atoms with Crippen LogP contribution in [0.3, 0.4) is 0 Å². The summed E-state index contributed by atoms with van der Waals surface area (Å²) >= 11 is 0. The van der Waals surface area contributed by atoms with Crippen LogP contribution in [0.25, 0.3) is 0 Å². The lowest BCUT2D eigenvalue weighted by Crippen LogP contribution is -2.50. The number of anilines is 1. The van der Waals surface area contributed by atoms with Gasteiger partial charge in [-0.15, -0.1) is 0 Å². The number of hydrogen-bond acceptors (Lipinski definition) is 5. The van der Waals surface area contributed by atoms with Gasteiger partial charge in [0.2, 0.25) is 21.8 Å². The molecule has 1 N–H and O–H groups in total. The number of methoxy groups -OCH3 is 1. The van der Waals surface area contributed by atoms with Crippen LogP contribution >= 0.6 is 0 Å². The van der Waals surface area contributed by atoms with Crippen molar-refractivity contribution in [1.29, 1.82) is 0 Å². The molecule has 2 aromatic carbocycles. The quantitative estimate of drug-likeness (QED) is 0.435. The van der Waals surface area contributed by atoms with Crippen LogP contribution < -0.4 is 14.4 Å². The minimum absolute atomic E-state index is 0.0480. The highest BCUT2D eigenvalue weighted by molar-refractivity contribution is 7.92. The third kappa shape index (κ3) is 8.26. The number of carbonyl (C=O) groups is 2. The zero-order chi connectivity index (χ0) is 26.9. The number of benzene rings is 2. The molecule has 0 heterocycles. The lowest BCUT2D eigenvalue weighted by Gasteiger charge is -2.32. The molecule has 0 fully saturated rings. The number of carbonyl (C=O) groups excluding carboxylic acids is 2. The molecule has 0 aliphatic heterocycles. The third-order valence-corrected chi connectivity index (χ3v) is 7.11. The van der Waals surface area contributed by atoms with E-state index in [1.807, 2.05) is 52.0 Å². The first-order valence-electron chi connectivity index (χ1n) is 12.2. The summed E-state index contributed by atoms with van der Waals surface area (Å²) in [6.45, 7) is 8.07. The molecule has 0 unspecified atom stereocenters. The Labute approximate surface area is 215 Å². The summed E-state index contributed by atoms with van der Waals surface area (Å²) < 4.78 is 31.5. The zero-order valence-corrected chi connectivity index (χ0v) is 23.0. The van der Waals surface area contributed by atoms with Crippen molar-refractivity contribution in [2.45, 2.75) is 65.6 Å². The minimum atomic E-state index is -3.57. The van der Waals surface area contributed by atoms with Crippen LogP contribution in [0.15, 0.2) is 48.5 Å². The second-order valence-electron chi connectivity index (χ2n) is 9.18. The molecule has 198 valence electrons. The average Bonchev–Trinajstić information content (AvgIpc) is 2.81. The molecular weight excluding hydrogens is 478 g/mol. The van der Waals surface area contributed by atoms with E-state index in [-0.39, 0.29) is 30.8 Å². The second-order valence-corrected chi connectivity index (χ2v) is 11.1. The lowest BCUT2D eigenvalue weighted by molar-refractivity contribution is -0.141.